The molecule has 1 amide bonds. The second kappa shape index (κ2) is 11.0. The molecule has 3 rings (SSSR count). The van der Waals surface area contributed by atoms with Gasteiger partial charge in [0.2, 0.25) is 0 Å². The SMILES string of the molecule is COC(=O)[C@H]1C[C@@H](N(CC(C)C)C(c2ccccc2)c2ccccc2)CN1C(=O)OC(C)(C)C. The standard InChI is InChI=1S/C28H38N2O4/c1-20(2)18-29(25(21-13-9-7-10-14-21)22-15-11-8-12-16-22)23-17-24(26(31)33-6)30(19-23)27(32)34-28(3,4)5/h7-16,20,23-25H,17-19H2,1-6H3/t23-,24-/m1/s1. The zero-order valence-electron chi connectivity index (χ0n) is 21.2. The summed E-state index contributed by atoms with van der Waals surface area (Å²) in [5.74, 6) is -0.0177. The minimum Gasteiger partial charge on any atom is -0.467 e. The van der Waals surface area contributed by atoms with Crippen LogP contribution in [-0.2, 0) is 14.3 Å². The van der Waals surface area contributed by atoms with Gasteiger partial charge in [0.25, 0.3) is 0 Å². The average molecular weight is 467 g/mol. The quantitative estimate of drug-likeness (QED) is 0.519. The molecule has 1 heterocycles. The monoisotopic (exact) mass is 466 g/mol. The molecule has 0 spiro atoms. The number of likely N-dealkylation sites (tertiary alicyclic amines) is 1. The van der Waals surface area contributed by atoms with Gasteiger partial charge in [-0.1, -0.05) is 74.5 Å². The molecular weight excluding hydrogens is 428 g/mol. The fourth-order valence-electron chi connectivity index (χ4n) is 4.67. The molecule has 1 aliphatic rings. The molecule has 0 saturated carbocycles. The van der Waals surface area contributed by atoms with E-state index in [1.807, 2.05) is 32.9 Å². The van der Waals surface area contributed by atoms with Crippen molar-refractivity contribution in [2.45, 2.75) is 64.8 Å². The summed E-state index contributed by atoms with van der Waals surface area (Å²) in [6.07, 6.45) is 0.0142. The Bertz CT molecular complexity index is 900. The molecule has 0 aliphatic carbocycles. The molecule has 184 valence electrons. The Morgan fingerprint density at radius 3 is 1.97 bits per heavy atom. The summed E-state index contributed by atoms with van der Waals surface area (Å²) in [7, 11) is 1.37. The van der Waals surface area contributed by atoms with Crippen LogP contribution in [0.5, 0.6) is 0 Å². The van der Waals surface area contributed by atoms with E-state index in [9.17, 15) is 9.59 Å². The minimum atomic E-state index is -0.674. The van der Waals surface area contributed by atoms with E-state index in [1.54, 1.807) is 4.90 Å². The van der Waals surface area contributed by atoms with Crippen molar-refractivity contribution >= 4 is 12.1 Å². The van der Waals surface area contributed by atoms with E-state index in [1.165, 1.54) is 18.2 Å². The van der Waals surface area contributed by atoms with Gasteiger partial charge in [-0.15, -0.1) is 0 Å². The lowest BCUT2D eigenvalue weighted by atomic mass is 9.94. The number of carbonyl (C=O) groups is 2. The highest BCUT2D eigenvalue weighted by Gasteiger charge is 2.45. The number of amides is 1. The number of hydrogen-bond acceptors (Lipinski definition) is 5. The third-order valence-electron chi connectivity index (χ3n) is 5.99. The predicted octanol–water partition coefficient (Wildman–Crippen LogP) is 5.29. The molecule has 0 radical (unpaired) electrons. The van der Waals surface area contributed by atoms with Gasteiger partial charge in [-0.25, -0.2) is 9.59 Å². The van der Waals surface area contributed by atoms with Crippen molar-refractivity contribution in [1.29, 1.82) is 0 Å². The van der Waals surface area contributed by atoms with E-state index in [2.05, 4.69) is 67.3 Å². The van der Waals surface area contributed by atoms with Crippen molar-refractivity contribution in [2.75, 3.05) is 20.2 Å². The van der Waals surface area contributed by atoms with Gasteiger partial charge in [0.15, 0.2) is 0 Å². The van der Waals surface area contributed by atoms with Crippen molar-refractivity contribution in [3.05, 3.63) is 71.8 Å². The highest BCUT2D eigenvalue weighted by atomic mass is 16.6. The molecule has 6 nitrogen and oxygen atoms in total. The topological polar surface area (TPSA) is 59.1 Å². The first-order chi connectivity index (χ1) is 16.1. The maximum Gasteiger partial charge on any atom is 0.411 e. The van der Waals surface area contributed by atoms with Crippen LogP contribution in [0.3, 0.4) is 0 Å². The van der Waals surface area contributed by atoms with E-state index in [4.69, 9.17) is 9.47 Å². The Hall–Kier alpha value is -2.86. The van der Waals surface area contributed by atoms with Gasteiger partial charge < -0.3 is 9.47 Å². The molecule has 0 N–H and O–H groups in total. The van der Waals surface area contributed by atoms with Gasteiger partial charge in [-0.3, -0.25) is 9.80 Å². The van der Waals surface area contributed by atoms with Crippen molar-refractivity contribution < 1.29 is 19.1 Å². The molecule has 0 aromatic heterocycles. The lowest BCUT2D eigenvalue weighted by Gasteiger charge is -2.38. The smallest absolute Gasteiger partial charge is 0.411 e. The zero-order chi connectivity index (χ0) is 24.9. The second-order valence-corrected chi connectivity index (χ2v) is 10.4. The maximum absolute atomic E-state index is 13.1. The molecule has 1 saturated heterocycles. The lowest BCUT2D eigenvalue weighted by molar-refractivity contribution is -0.145. The molecule has 6 heteroatoms. The molecule has 1 aliphatic heterocycles. The Morgan fingerprint density at radius 1 is 1.00 bits per heavy atom. The van der Waals surface area contributed by atoms with Gasteiger partial charge in [0.05, 0.1) is 13.2 Å². The summed E-state index contributed by atoms with van der Waals surface area (Å²) in [4.78, 5) is 29.8. The summed E-state index contributed by atoms with van der Waals surface area (Å²) < 4.78 is 10.7. The third kappa shape index (κ3) is 6.38. The number of ether oxygens (including phenoxy) is 2. The van der Waals surface area contributed by atoms with Crippen molar-refractivity contribution in [1.82, 2.24) is 9.80 Å². The lowest BCUT2D eigenvalue weighted by Crippen LogP contribution is -2.45. The number of hydrogen-bond donors (Lipinski definition) is 0. The second-order valence-electron chi connectivity index (χ2n) is 10.4. The fraction of sp³-hybridized carbons (Fsp3) is 0.500. The van der Waals surface area contributed by atoms with Crippen molar-refractivity contribution in [3.8, 4) is 0 Å². The molecule has 1 fully saturated rings. The predicted molar refractivity (Wildman–Crippen MR) is 133 cm³/mol. The van der Waals surface area contributed by atoms with E-state index < -0.39 is 23.7 Å². The number of methoxy groups -OCH3 is 1. The van der Waals surface area contributed by atoms with Gasteiger partial charge >= 0.3 is 12.1 Å². The summed E-state index contributed by atoms with van der Waals surface area (Å²) in [5.41, 5.74) is 1.71. The summed E-state index contributed by atoms with van der Waals surface area (Å²) in [6, 6.07) is 20.1. The number of rotatable bonds is 7. The molecule has 2 atom stereocenters. The summed E-state index contributed by atoms with van der Waals surface area (Å²) >= 11 is 0. The largest absolute Gasteiger partial charge is 0.467 e. The number of nitrogens with zero attached hydrogens (tertiary/aromatic N) is 2. The first kappa shape index (κ1) is 25.8. The molecule has 0 unspecified atom stereocenters. The maximum atomic E-state index is 13.1. The Kier molecular flexibility index (Phi) is 8.37. The zero-order valence-corrected chi connectivity index (χ0v) is 21.2. The van der Waals surface area contributed by atoms with Gasteiger partial charge in [0.1, 0.15) is 11.6 Å². The van der Waals surface area contributed by atoms with Crippen molar-refractivity contribution in [3.63, 3.8) is 0 Å². The Balaban J connectivity index is 2.01. The van der Waals surface area contributed by atoms with Crippen LogP contribution in [0.25, 0.3) is 0 Å². The summed E-state index contributed by atoms with van der Waals surface area (Å²) in [5, 5.41) is 0. The van der Waals surface area contributed by atoms with Crippen LogP contribution in [0, 0.1) is 5.92 Å². The first-order valence-corrected chi connectivity index (χ1v) is 12.0. The normalized spacial score (nSPS) is 18.6. The number of carbonyl (C=O) groups excluding carboxylic acids is 2. The van der Waals surface area contributed by atoms with Gasteiger partial charge in [0, 0.05) is 19.1 Å². The van der Waals surface area contributed by atoms with Crippen LogP contribution in [0.1, 0.15) is 58.2 Å². The highest BCUT2D eigenvalue weighted by molar-refractivity contribution is 5.82. The van der Waals surface area contributed by atoms with Crippen LogP contribution in [0.4, 0.5) is 4.79 Å². The molecule has 34 heavy (non-hydrogen) atoms. The van der Waals surface area contributed by atoms with Crippen molar-refractivity contribution in [2.24, 2.45) is 5.92 Å². The van der Waals surface area contributed by atoms with Crippen LogP contribution in [0.2, 0.25) is 0 Å². The number of esters is 1. The molecule has 2 aromatic rings. The van der Waals surface area contributed by atoms with E-state index >= 15 is 0 Å². The van der Waals surface area contributed by atoms with Gasteiger partial charge in [-0.2, -0.15) is 0 Å². The minimum absolute atomic E-state index is 0.00770. The summed E-state index contributed by atoms with van der Waals surface area (Å²) in [6.45, 7) is 11.1. The first-order valence-electron chi connectivity index (χ1n) is 12.0. The molecular formula is C28H38N2O4. The molecule has 0 bridgehead atoms. The Labute approximate surface area is 203 Å². The van der Waals surface area contributed by atoms with Crippen LogP contribution >= 0.6 is 0 Å². The van der Waals surface area contributed by atoms with Crippen LogP contribution in [-0.4, -0.2) is 59.7 Å². The van der Waals surface area contributed by atoms with Crippen LogP contribution in [0.15, 0.2) is 60.7 Å². The molecule has 2 aromatic carbocycles. The fourth-order valence-corrected chi connectivity index (χ4v) is 4.67. The average Bonchev–Trinajstić information content (AvgIpc) is 3.24. The number of benzene rings is 2. The van der Waals surface area contributed by atoms with Crippen LogP contribution < -0.4 is 0 Å². The third-order valence-corrected chi connectivity index (χ3v) is 5.99. The van der Waals surface area contributed by atoms with E-state index in [0.717, 1.165) is 6.54 Å². The van der Waals surface area contributed by atoms with E-state index in [0.29, 0.717) is 18.9 Å². The van der Waals surface area contributed by atoms with E-state index in [-0.39, 0.29) is 12.1 Å². The highest BCUT2D eigenvalue weighted by Crippen LogP contribution is 2.36. The van der Waals surface area contributed by atoms with Gasteiger partial charge in [-0.05, 0) is 44.2 Å². The Morgan fingerprint density at radius 2 is 1.53 bits per heavy atom.